The Morgan fingerprint density at radius 3 is 2.75 bits per heavy atom. The maximum absolute atomic E-state index is 6.07. The van der Waals surface area contributed by atoms with Crippen molar-refractivity contribution in [2.75, 3.05) is 13.2 Å². The second-order valence-corrected chi connectivity index (χ2v) is 5.75. The van der Waals surface area contributed by atoms with E-state index in [4.69, 9.17) is 4.74 Å². The number of hydrogen-bond donors (Lipinski definition) is 1. The molecule has 2 unspecified atom stereocenters. The number of ether oxygens (including phenoxy) is 1. The highest BCUT2D eigenvalue weighted by Crippen LogP contribution is 2.37. The van der Waals surface area contributed by atoms with Crippen LogP contribution < -0.4 is 5.32 Å². The molecule has 16 heavy (non-hydrogen) atoms. The molecule has 1 aliphatic carbocycles. The third-order valence-electron chi connectivity index (χ3n) is 4.25. The van der Waals surface area contributed by atoms with Crippen molar-refractivity contribution in [1.29, 1.82) is 0 Å². The van der Waals surface area contributed by atoms with Gasteiger partial charge in [-0.05, 0) is 51.5 Å². The number of likely N-dealkylation sites (N-methyl/N-ethyl adjacent to an activating group) is 1. The van der Waals surface area contributed by atoms with E-state index in [9.17, 15) is 0 Å². The molecule has 0 radical (unpaired) electrons. The van der Waals surface area contributed by atoms with Crippen molar-refractivity contribution in [1.82, 2.24) is 5.32 Å². The summed E-state index contributed by atoms with van der Waals surface area (Å²) in [4.78, 5) is 0. The Balaban J connectivity index is 1.86. The standard InChI is InChI=1S/C14H27NO/c1-3-15-13(9-8-12-6-7-12)14(2)10-4-5-11-16-14/h12-13,15H,3-11H2,1-2H3. The predicted octanol–water partition coefficient (Wildman–Crippen LogP) is 3.11. The lowest BCUT2D eigenvalue weighted by atomic mass is 9.85. The van der Waals surface area contributed by atoms with Gasteiger partial charge in [-0.1, -0.05) is 19.8 Å². The van der Waals surface area contributed by atoms with Gasteiger partial charge in [-0.25, -0.2) is 0 Å². The fourth-order valence-electron chi connectivity index (χ4n) is 2.91. The van der Waals surface area contributed by atoms with Crippen LogP contribution in [-0.2, 0) is 4.74 Å². The second kappa shape index (κ2) is 5.50. The molecule has 0 spiro atoms. The summed E-state index contributed by atoms with van der Waals surface area (Å²) in [5.41, 5.74) is 0.100. The van der Waals surface area contributed by atoms with Gasteiger partial charge in [0.05, 0.1) is 5.60 Å². The molecule has 1 aliphatic heterocycles. The smallest absolute Gasteiger partial charge is 0.0806 e. The summed E-state index contributed by atoms with van der Waals surface area (Å²) in [6.07, 6.45) is 9.45. The monoisotopic (exact) mass is 225 g/mol. The molecule has 0 bridgehead atoms. The molecular weight excluding hydrogens is 198 g/mol. The lowest BCUT2D eigenvalue weighted by molar-refractivity contribution is -0.0902. The Labute approximate surface area is 100 Å². The summed E-state index contributed by atoms with van der Waals surface area (Å²) in [7, 11) is 0. The lowest BCUT2D eigenvalue weighted by Gasteiger charge is -2.41. The lowest BCUT2D eigenvalue weighted by Crippen LogP contribution is -2.52. The van der Waals surface area contributed by atoms with Crippen molar-refractivity contribution < 1.29 is 4.74 Å². The van der Waals surface area contributed by atoms with Gasteiger partial charge in [0.25, 0.3) is 0 Å². The molecule has 2 rings (SSSR count). The highest BCUT2D eigenvalue weighted by molar-refractivity contribution is 4.92. The third kappa shape index (κ3) is 3.21. The summed E-state index contributed by atoms with van der Waals surface area (Å²) in [6.45, 7) is 6.54. The van der Waals surface area contributed by atoms with E-state index in [2.05, 4.69) is 19.2 Å². The highest BCUT2D eigenvalue weighted by atomic mass is 16.5. The van der Waals surface area contributed by atoms with Crippen LogP contribution in [0.25, 0.3) is 0 Å². The van der Waals surface area contributed by atoms with Crippen molar-refractivity contribution in [2.24, 2.45) is 5.92 Å². The fraction of sp³-hybridized carbons (Fsp3) is 1.00. The average Bonchev–Trinajstić information content (AvgIpc) is 3.09. The first-order valence-electron chi connectivity index (χ1n) is 7.12. The zero-order valence-corrected chi connectivity index (χ0v) is 10.9. The van der Waals surface area contributed by atoms with E-state index in [1.54, 1.807) is 0 Å². The van der Waals surface area contributed by atoms with Gasteiger partial charge in [0, 0.05) is 12.6 Å². The van der Waals surface area contributed by atoms with E-state index in [1.807, 2.05) is 0 Å². The van der Waals surface area contributed by atoms with Crippen LogP contribution in [0.5, 0.6) is 0 Å². The highest BCUT2D eigenvalue weighted by Gasteiger charge is 2.37. The molecule has 0 aromatic rings. The van der Waals surface area contributed by atoms with E-state index in [1.165, 1.54) is 44.9 Å². The Bertz CT molecular complexity index is 207. The van der Waals surface area contributed by atoms with E-state index in [0.29, 0.717) is 6.04 Å². The Morgan fingerprint density at radius 1 is 1.38 bits per heavy atom. The molecular formula is C14H27NO. The molecule has 2 aliphatic rings. The first-order valence-corrected chi connectivity index (χ1v) is 7.12. The van der Waals surface area contributed by atoms with E-state index >= 15 is 0 Å². The average molecular weight is 225 g/mol. The summed E-state index contributed by atoms with van der Waals surface area (Å²) >= 11 is 0. The van der Waals surface area contributed by atoms with Crippen molar-refractivity contribution in [2.45, 2.75) is 70.4 Å². The van der Waals surface area contributed by atoms with E-state index < -0.39 is 0 Å². The molecule has 1 saturated carbocycles. The number of hydrogen-bond acceptors (Lipinski definition) is 2. The van der Waals surface area contributed by atoms with Crippen LogP contribution in [0.1, 0.15) is 58.8 Å². The van der Waals surface area contributed by atoms with Gasteiger partial charge >= 0.3 is 0 Å². The van der Waals surface area contributed by atoms with Crippen LogP contribution in [-0.4, -0.2) is 24.8 Å². The Kier molecular flexibility index (Phi) is 4.26. The second-order valence-electron chi connectivity index (χ2n) is 5.75. The fourth-order valence-corrected chi connectivity index (χ4v) is 2.91. The van der Waals surface area contributed by atoms with Crippen molar-refractivity contribution in [3.05, 3.63) is 0 Å². The van der Waals surface area contributed by atoms with Gasteiger partial charge in [-0.15, -0.1) is 0 Å². The molecule has 2 atom stereocenters. The molecule has 94 valence electrons. The van der Waals surface area contributed by atoms with E-state index in [0.717, 1.165) is 19.1 Å². The van der Waals surface area contributed by atoms with Gasteiger partial charge in [0.15, 0.2) is 0 Å². The Hall–Kier alpha value is -0.0800. The number of rotatable bonds is 6. The molecule has 1 heterocycles. The summed E-state index contributed by atoms with van der Waals surface area (Å²) < 4.78 is 6.07. The molecule has 0 amide bonds. The van der Waals surface area contributed by atoms with Gasteiger partial charge in [-0.3, -0.25) is 0 Å². The van der Waals surface area contributed by atoms with Crippen LogP contribution in [0, 0.1) is 5.92 Å². The number of nitrogens with one attached hydrogen (secondary N) is 1. The van der Waals surface area contributed by atoms with Crippen LogP contribution in [0.15, 0.2) is 0 Å². The quantitative estimate of drug-likeness (QED) is 0.750. The van der Waals surface area contributed by atoms with Gasteiger partial charge in [-0.2, -0.15) is 0 Å². The minimum atomic E-state index is 0.100. The minimum Gasteiger partial charge on any atom is -0.374 e. The maximum Gasteiger partial charge on any atom is 0.0806 e. The molecule has 2 nitrogen and oxygen atoms in total. The topological polar surface area (TPSA) is 21.3 Å². The van der Waals surface area contributed by atoms with Gasteiger partial charge in [0.2, 0.25) is 0 Å². The Morgan fingerprint density at radius 2 is 2.19 bits per heavy atom. The largest absolute Gasteiger partial charge is 0.374 e. The summed E-state index contributed by atoms with van der Waals surface area (Å²) in [5.74, 6) is 1.04. The molecule has 2 heteroatoms. The van der Waals surface area contributed by atoms with Crippen molar-refractivity contribution in [3.63, 3.8) is 0 Å². The third-order valence-corrected chi connectivity index (χ3v) is 4.25. The van der Waals surface area contributed by atoms with Crippen molar-refractivity contribution in [3.8, 4) is 0 Å². The van der Waals surface area contributed by atoms with Crippen LogP contribution in [0.3, 0.4) is 0 Å². The predicted molar refractivity (Wildman–Crippen MR) is 67.6 cm³/mol. The minimum absolute atomic E-state index is 0.100. The first kappa shape index (κ1) is 12.4. The maximum atomic E-state index is 6.07. The van der Waals surface area contributed by atoms with Gasteiger partial charge in [0.1, 0.15) is 0 Å². The zero-order valence-electron chi connectivity index (χ0n) is 10.9. The van der Waals surface area contributed by atoms with E-state index in [-0.39, 0.29) is 5.60 Å². The molecule has 1 saturated heterocycles. The zero-order chi connectivity index (χ0) is 11.4. The van der Waals surface area contributed by atoms with Gasteiger partial charge < -0.3 is 10.1 Å². The molecule has 2 fully saturated rings. The first-order chi connectivity index (χ1) is 7.74. The molecule has 0 aromatic heterocycles. The van der Waals surface area contributed by atoms with Crippen LogP contribution in [0.2, 0.25) is 0 Å². The van der Waals surface area contributed by atoms with Crippen LogP contribution >= 0.6 is 0 Å². The molecule has 1 N–H and O–H groups in total. The summed E-state index contributed by atoms with van der Waals surface area (Å²) in [6, 6.07) is 0.568. The normalized spacial score (nSPS) is 32.6. The SMILES string of the molecule is CCNC(CCC1CC1)C1(C)CCCCO1. The van der Waals surface area contributed by atoms with Crippen LogP contribution in [0.4, 0.5) is 0 Å². The van der Waals surface area contributed by atoms with Crippen molar-refractivity contribution >= 4 is 0 Å². The molecule has 0 aromatic carbocycles. The summed E-state index contributed by atoms with van der Waals surface area (Å²) in [5, 5.41) is 3.65.